The summed E-state index contributed by atoms with van der Waals surface area (Å²) in [4.78, 5) is 21.8. The first-order valence-electron chi connectivity index (χ1n) is 13.2. The molecule has 0 spiro atoms. The fourth-order valence-corrected chi connectivity index (χ4v) is 5.75. The Bertz CT molecular complexity index is 1390. The molecule has 0 atom stereocenters. The number of carbonyl (C=O) groups is 1. The largest absolute Gasteiger partial charge is 0.403 e. The quantitative estimate of drug-likeness (QED) is 0.374. The minimum Gasteiger partial charge on any atom is -0.368 e. The SMILES string of the molecule is CC(C)N1CCN(c2cc3c(cc2Cl)nc(Cc2cc(CNC(=O)C4(C(F)(F)F)CC4)ccc2Cl)n3C)CC1. The Morgan fingerprint density at radius 1 is 1.08 bits per heavy atom. The van der Waals surface area contributed by atoms with Crippen molar-refractivity contribution in [2.24, 2.45) is 12.5 Å². The zero-order chi connectivity index (χ0) is 28.1. The van der Waals surface area contributed by atoms with Gasteiger partial charge in [-0.2, -0.15) is 13.2 Å². The van der Waals surface area contributed by atoms with Gasteiger partial charge in [-0.3, -0.25) is 9.69 Å². The van der Waals surface area contributed by atoms with E-state index in [4.69, 9.17) is 28.2 Å². The summed E-state index contributed by atoms with van der Waals surface area (Å²) >= 11 is 13.2. The Morgan fingerprint density at radius 3 is 2.38 bits per heavy atom. The number of hydrogen-bond donors (Lipinski definition) is 1. The summed E-state index contributed by atoms with van der Waals surface area (Å²) in [5, 5.41) is 3.64. The molecule has 3 aromatic rings. The van der Waals surface area contributed by atoms with Crippen LogP contribution in [0, 0.1) is 5.41 Å². The molecule has 1 saturated heterocycles. The highest BCUT2D eigenvalue weighted by molar-refractivity contribution is 6.34. The van der Waals surface area contributed by atoms with Gasteiger partial charge in [0.2, 0.25) is 5.91 Å². The first-order chi connectivity index (χ1) is 18.4. The van der Waals surface area contributed by atoms with Gasteiger partial charge in [-0.25, -0.2) is 4.98 Å². The molecule has 39 heavy (non-hydrogen) atoms. The first-order valence-corrected chi connectivity index (χ1v) is 13.9. The van der Waals surface area contributed by atoms with Crippen LogP contribution in [0.2, 0.25) is 10.0 Å². The van der Waals surface area contributed by atoms with Crippen molar-refractivity contribution in [2.45, 2.75) is 51.9 Å². The molecule has 2 heterocycles. The minimum atomic E-state index is -4.53. The van der Waals surface area contributed by atoms with Crippen LogP contribution in [0.15, 0.2) is 30.3 Å². The van der Waals surface area contributed by atoms with E-state index in [0.717, 1.165) is 54.3 Å². The maximum Gasteiger partial charge on any atom is 0.403 e. The summed E-state index contributed by atoms with van der Waals surface area (Å²) < 4.78 is 41.8. The smallest absolute Gasteiger partial charge is 0.368 e. The Kier molecular flexibility index (Phi) is 7.54. The van der Waals surface area contributed by atoms with E-state index in [-0.39, 0.29) is 19.4 Å². The highest BCUT2D eigenvalue weighted by Gasteiger charge is 2.68. The number of alkyl halides is 3. The van der Waals surface area contributed by atoms with Crippen molar-refractivity contribution in [1.29, 1.82) is 0 Å². The zero-order valence-electron chi connectivity index (χ0n) is 22.2. The Balaban J connectivity index is 1.32. The van der Waals surface area contributed by atoms with Crippen LogP contribution < -0.4 is 10.2 Å². The third kappa shape index (κ3) is 5.45. The van der Waals surface area contributed by atoms with Crippen LogP contribution in [-0.4, -0.2) is 58.8 Å². The summed E-state index contributed by atoms with van der Waals surface area (Å²) in [6.07, 6.45) is -4.45. The Labute approximate surface area is 236 Å². The van der Waals surface area contributed by atoms with E-state index in [1.807, 2.05) is 23.7 Å². The highest BCUT2D eigenvalue weighted by atomic mass is 35.5. The molecule has 0 radical (unpaired) electrons. The van der Waals surface area contributed by atoms with Crippen molar-refractivity contribution in [2.75, 3.05) is 31.1 Å². The number of fused-ring (bicyclic) bond motifs is 1. The van der Waals surface area contributed by atoms with Crippen molar-refractivity contribution in [1.82, 2.24) is 19.8 Å². The lowest BCUT2D eigenvalue weighted by Crippen LogP contribution is -2.49. The first kappa shape index (κ1) is 28.1. The lowest BCUT2D eigenvalue weighted by atomic mass is 10.0. The average molecular weight is 582 g/mol. The van der Waals surface area contributed by atoms with Crippen LogP contribution in [0.4, 0.5) is 18.9 Å². The van der Waals surface area contributed by atoms with Crippen LogP contribution >= 0.6 is 23.2 Å². The van der Waals surface area contributed by atoms with Gasteiger partial charge in [0, 0.05) is 57.3 Å². The van der Waals surface area contributed by atoms with Gasteiger partial charge in [-0.05, 0) is 56.0 Å². The molecule has 11 heteroatoms. The predicted molar refractivity (Wildman–Crippen MR) is 148 cm³/mol. The molecule has 1 aliphatic heterocycles. The number of imidazole rings is 1. The van der Waals surface area contributed by atoms with Crippen molar-refractivity contribution in [3.63, 3.8) is 0 Å². The van der Waals surface area contributed by atoms with E-state index in [2.05, 4.69) is 35.0 Å². The second-order valence-electron chi connectivity index (χ2n) is 10.9. The summed E-state index contributed by atoms with van der Waals surface area (Å²) in [5.74, 6) is -0.194. The van der Waals surface area contributed by atoms with Crippen molar-refractivity contribution in [3.8, 4) is 0 Å². The number of piperazine rings is 1. The van der Waals surface area contributed by atoms with Gasteiger partial charge in [0.15, 0.2) is 0 Å². The fourth-order valence-electron chi connectivity index (χ4n) is 5.29. The Hall–Kier alpha value is -2.49. The van der Waals surface area contributed by atoms with Gasteiger partial charge < -0.3 is 14.8 Å². The number of nitrogens with one attached hydrogen (secondary N) is 1. The van der Waals surface area contributed by atoms with E-state index in [1.165, 1.54) is 0 Å². The number of anilines is 1. The monoisotopic (exact) mass is 581 g/mol. The van der Waals surface area contributed by atoms with Gasteiger partial charge in [-0.15, -0.1) is 0 Å². The molecular weight excluding hydrogens is 550 g/mol. The molecule has 1 N–H and O–H groups in total. The van der Waals surface area contributed by atoms with Crippen LogP contribution in [0.3, 0.4) is 0 Å². The molecule has 2 aromatic carbocycles. The number of benzene rings is 2. The number of aryl methyl sites for hydroxylation is 1. The van der Waals surface area contributed by atoms with Crippen LogP contribution in [0.1, 0.15) is 43.6 Å². The molecule has 2 fully saturated rings. The number of amides is 1. The summed E-state index contributed by atoms with van der Waals surface area (Å²) in [6.45, 7) is 8.17. The van der Waals surface area contributed by atoms with E-state index in [0.29, 0.717) is 28.1 Å². The number of rotatable bonds is 7. The molecule has 1 aromatic heterocycles. The Morgan fingerprint density at radius 2 is 1.77 bits per heavy atom. The van der Waals surface area contributed by atoms with E-state index < -0.39 is 17.5 Å². The summed E-state index contributed by atoms with van der Waals surface area (Å²) in [7, 11) is 1.95. The molecule has 1 saturated carbocycles. The molecule has 210 valence electrons. The van der Waals surface area contributed by atoms with Crippen molar-refractivity contribution in [3.05, 3.63) is 57.3 Å². The lowest BCUT2D eigenvalue weighted by Gasteiger charge is -2.38. The van der Waals surface area contributed by atoms with E-state index >= 15 is 0 Å². The third-order valence-electron chi connectivity index (χ3n) is 8.07. The third-order valence-corrected chi connectivity index (χ3v) is 8.74. The molecular formula is C28H32Cl2F3N5O. The maximum atomic E-state index is 13.3. The van der Waals surface area contributed by atoms with Gasteiger partial charge in [0.25, 0.3) is 0 Å². The molecule has 6 nitrogen and oxygen atoms in total. The highest BCUT2D eigenvalue weighted by Crippen LogP contribution is 2.57. The molecule has 1 aliphatic carbocycles. The zero-order valence-corrected chi connectivity index (χ0v) is 23.7. The number of hydrogen-bond acceptors (Lipinski definition) is 4. The number of carbonyl (C=O) groups excluding carboxylic acids is 1. The number of aromatic nitrogens is 2. The normalized spacial score (nSPS) is 17.7. The molecule has 0 bridgehead atoms. The summed E-state index contributed by atoms with van der Waals surface area (Å²) in [5.41, 5.74) is 1.93. The number of nitrogens with zero attached hydrogens (tertiary/aromatic N) is 4. The minimum absolute atomic E-state index is 0.00753. The molecule has 1 amide bonds. The maximum absolute atomic E-state index is 13.3. The van der Waals surface area contributed by atoms with Crippen LogP contribution in [0.5, 0.6) is 0 Å². The standard InChI is InChI=1S/C28H32Cl2F3N5O/c1-17(2)37-8-10-38(11-9-37)23-15-24-22(14-21(23)30)35-25(36(24)3)13-19-12-18(4-5-20(19)29)16-34-26(39)27(6-7-27)28(31,32)33/h4-5,12,14-15,17H,6-11,13,16H2,1-3H3,(H,34,39). The fraction of sp³-hybridized carbons (Fsp3) is 0.500. The molecule has 5 rings (SSSR count). The summed E-state index contributed by atoms with van der Waals surface area (Å²) in [6, 6.07) is 9.71. The molecule has 0 unspecified atom stereocenters. The van der Waals surface area contributed by atoms with Crippen molar-refractivity contribution >= 4 is 45.8 Å². The lowest BCUT2D eigenvalue weighted by molar-refractivity contribution is -0.192. The van der Waals surface area contributed by atoms with Gasteiger partial charge in [0.05, 0.1) is 21.7 Å². The topological polar surface area (TPSA) is 53.4 Å². The predicted octanol–water partition coefficient (Wildman–Crippen LogP) is 5.96. The van der Waals surface area contributed by atoms with Gasteiger partial charge >= 0.3 is 6.18 Å². The molecule has 2 aliphatic rings. The second-order valence-corrected chi connectivity index (χ2v) is 11.7. The van der Waals surface area contributed by atoms with E-state index in [9.17, 15) is 18.0 Å². The number of halogens is 5. The van der Waals surface area contributed by atoms with Crippen LogP contribution in [0.25, 0.3) is 11.0 Å². The average Bonchev–Trinajstić information content (AvgIpc) is 3.66. The van der Waals surface area contributed by atoms with E-state index in [1.54, 1.807) is 12.1 Å². The van der Waals surface area contributed by atoms with Crippen LogP contribution in [-0.2, 0) is 24.8 Å². The van der Waals surface area contributed by atoms with Gasteiger partial charge in [-0.1, -0.05) is 35.3 Å². The second kappa shape index (κ2) is 10.5. The van der Waals surface area contributed by atoms with Gasteiger partial charge in [0.1, 0.15) is 11.2 Å². The van der Waals surface area contributed by atoms with Crippen molar-refractivity contribution < 1.29 is 18.0 Å².